The molecule has 0 radical (unpaired) electrons. The van der Waals surface area contributed by atoms with E-state index in [1.165, 1.54) is 53.6 Å². The zero-order valence-electron chi connectivity index (χ0n) is 33.8. The van der Waals surface area contributed by atoms with Gasteiger partial charge in [0, 0.05) is 36.9 Å². The van der Waals surface area contributed by atoms with E-state index in [0.717, 1.165) is 39.8 Å². The zero-order valence-corrected chi connectivity index (χ0v) is 34.6. The van der Waals surface area contributed by atoms with Gasteiger partial charge in [0.1, 0.15) is 0 Å². The van der Waals surface area contributed by atoms with Gasteiger partial charge in [0.15, 0.2) is 17.5 Å². The number of rotatable bonds is 7. The third-order valence-electron chi connectivity index (χ3n) is 12.8. The molecule has 0 spiro atoms. The molecule has 62 heavy (non-hydrogen) atoms. The predicted octanol–water partition coefficient (Wildman–Crippen LogP) is 15.0. The Labute approximate surface area is 365 Å². The highest BCUT2D eigenvalue weighted by molar-refractivity contribution is 7.26. The van der Waals surface area contributed by atoms with Crippen LogP contribution in [0.2, 0.25) is 0 Å². The van der Waals surface area contributed by atoms with Gasteiger partial charge in [-0.05, 0) is 74.5 Å². The second-order valence-corrected chi connectivity index (χ2v) is 17.3. The number of hydrogen-bond acceptors (Lipinski definition) is 4. The molecule has 2 aliphatic carbocycles. The average molecular weight is 810 g/mol. The van der Waals surface area contributed by atoms with Crippen molar-refractivity contribution >= 4 is 31.5 Å². The summed E-state index contributed by atoms with van der Waals surface area (Å²) in [4.78, 5) is 16.1. The standard InChI is InChI=1S/C58H39N3S/c1-4-17-38(18-5-1)41-19-14-20-42(37-41)56-59-55(40-35-33-39(34-36-40)45-27-15-28-47-46-25-11-13-32-52(46)62-54(45)47)60-57(61-56)49-29-16-31-51-53(49)48-26-10-12-30-50(48)58(51,43-21-6-2-7-22-43)44-23-8-3-9-24-44/h1-23,25-37,44H,24H2. The molecule has 12 rings (SSSR count). The van der Waals surface area contributed by atoms with E-state index in [-0.39, 0.29) is 5.92 Å². The van der Waals surface area contributed by atoms with Crippen molar-refractivity contribution in [3.63, 3.8) is 0 Å². The normalized spacial score (nSPS) is 16.4. The second-order valence-electron chi connectivity index (χ2n) is 16.2. The van der Waals surface area contributed by atoms with Crippen molar-refractivity contribution in [2.45, 2.75) is 11.8 Å². The van der Waals surface area contributed by atoms with Crippen LogP contribution in [0.25, 0.3) is 87.7 Å². The molecule has 292 valence electrons. The fourth-order valence-corrected chi connectivity index (χ4v) is 11.3. The van der Waals surface area contributed by atoms with Gasteiger partial charge in [0.25, 0.3) is 0 Å². The lowest BCUT2D eigenvalue weighted by molar-refractivity contribution is 0.457. The third kappa shape index (κ3) is 5.83. The minimum absolute atomic E-state index is 0.217. The van der Waals surface area contributed by atoms with Crippen molar-refractivity contribution in [2.24, 2.45) is 5.92 Å². The third-order valence-corrected chi connectivity index (χ3v) is 14.1. The van der Waals surface area contributed by atoms with E-state index in [9.17, 15) is 0 Å². The maximum atomic E-state index is 5.40. The summed E-state index contributed by atoms with van der Waals surface area (Å²) >= 11 is 1.85. The highest BCUT2D eigenvalue weighted by Gasteiger charge is 2.49. The van der Waals surface area contributed by atoms with E-state index in [2.05, 4.69) is 218 Å². The topological polar surface area (TPSA) is 38.7 Å². The lowest BCUT2D eigenvalue weighted by atomic mass is 9.62. The van der Waals surface area contributed by atoms with Crippen LogP contribution < -0.4 is 0 Å². The molecular weight excluding hydrogens is 771 g/mol. The van der Waals surface area contributed by atoms with Gasteiger partial charge in [-0.15, -0.1) is 11.3 Å². The summed E-state index contributed by atoms with van der Waals surface area (Å²) in [5.41, 5.74) is 13.4. The van der Waals surface area contributed by atoms with Crippen LogP contribution in [0.1, 0.15) is 23.1 Å². The molecule has 0 saturated carbocycles. The molecule has 0 aliphatic heterocycles. The second kappa shape index (κ2) is 14.9. The number of aromatic nitrogens is 3. The minimum atomic E-state index is -0.403. The number of hydrogen-bond donors (Lipinski definition) is 0. The number of allylic oxidation sites excluding steroid dienone is 4. The van der Waals surface area contributed by atoms with Gasteiger partial charge in [-0.3, -0.25) is 0 Å². The quantitative estimate of drug-likeness (QED) is 0.161. The molecule has 0 fully saturated rings. The lowest BCUT2D eigenvalue weighted by Gasteiger charge is -2.39. The molecule has 2 heterocycles. The van der Waals surface area contributed by atoms with Crippen molar-refractivity contribution in [1.82, 2.24) is 15.0 Å². The lowest BCUT2D eigenvalue weighted by Crippen LogP contribution is -2.35. The van der Waals surface area contributed by atoms with Crippen LogP contribution in [0.5, 0.6) is 0 Å². The van der Waals surface area contributed by atoms with Crippen LogP contribution in [0.4, 0.5) is 0 Å². The number of nitrogens with zero attached hydrogens (tertiary/aromatic N) is 3. The van der Waals surface area contributed by atoms with Crippen molar-refractivity contribution in [2.75, 3.05) is 0 Å². The van der Waals surface area contributed by atoms with Crippen LogP contribution in [0.3, 0.4) is 0 Å². The summed E-state index contributed by atoms with van der Waals surface area (Å²) in [7, 11) is 0. The Bertz CT molecular complexity index is 3380. The molecule has 0 N–H and O–H groups in total. The Balaban J connectivity index is 1.05. The summed E-state index contributed by atoms with van der Waals surface area (Å²) in [5, 5.41) is 2.59. The summed E-state index contributed by atoms with van der Waals surface area (Å²) in [6, 6.07) is 69.9. The molecule has 0 saturated heterocycles. The molecular formula is C58H39N3S. The smallest absolute Gasteiger partial charge is 0.164 e. The zero-order chi connectivity index (χ0) is 41.0. The molecule has 0 bridgehead atoms. The Kier molecular flexibility index (Phi) is 8.72. The molecule has 10 aromatic rings. The number of fused-ring (bicyclic) bond motifs is 6. The first-order valence-corrected chi connectivity index (χ1v) is 22.1. The van der Waals surface area contributed by atoms with Crippen LogP contribution in [-0.4, -0.2) is 15.0 Å². The molecule has 2 aromatic heterocycles. The van der Waals surface area contributed by atoms with Crippen LogP contribution >= 0.6 is 11.3 Å². The van der Waals surface area contributed by atoms with Crippen molar-refractivity contribution in [3.8, 4) is 67.5 Å². The molecule has 2 atom stereocenters. The van der Waals surface area contributed by atoms with E-state index in [0.29, 0.717) is 17.5 Å². The first kappa shape index (κ1) is 36.3. The molecule has 2 aliphatic rings. The van der Waals surface area contributed by atoms with Crippen molar-refractivity contribution in [3.05, 3.63) is 235 Å². The Hall–Kier alpha value is -7.53. The Morgan fingerprint density at radius 3 is 1.89 bits per heavy atom. The van der Waals surface area contributed by atoms with Crippen LogP contribution in [0, 0.1) is 5.92 Å². The fraction of sp³-hybridized carbons (Fsp3) is 0.0517. The van der Waals surface area contributed by atoms with Gasteiger partial charge in [-0.2, -0.15) is 0 Å². The summed E-state index contributed by atoms with van der Waals surface area (Å²) in [6.45, 7) is 0. The molecule has 2 unspecified atom stereocenters. The maximum absolute atomic E-state index is 5.40. The van der Waals surface area contributed by atoms with E-state index < -0.39 is 5.41 Å². The minimum Gasteiger partial charge on any atom is -0.208 e. The van der Waals surface area contributed by atoms with Crippen molar-refractivity contribution in [1.29, 1.82) is 0 Å². The van der Waals surface area contributed by atoms with Crippen molar-refractivity contribution < 1.29 is 0 Å². The van der Waals surface area contributed by atoms with Gasteiger partial charge in [-0.25, -0.2) is 15.0 Å². The Morgan fingerprint density at radius 2 is 1.05 bits per heavy atom. The van der Waals surface area contributed by atoms with Gasteiger partial charge in [0.2, 0.25) is 0 Å². The van der Waals surface area contributed by atoms with Crippen LogP contribution in [-0.2, 0) is 5.41 Å². The van der Waals surface area contributed by atoms with Gasteiger partial charge < -0.3 is 0 Å². The molecule has 3 nitrogen and oxygen atoms in total. The first-order chi connectivity index (χ1) is 30.7. The summed E-state index contributed by atoms with van der Waals surface area (Å²) < 4.78 is 2.60. The van der Waals surface area contributed by atoms with Gasteiger partial charge in [-0.1, -0.05) is 206 Å². The summed E-state index contributed by atoms with van der Waals surface area (Å²) in [6.07, 6.45) is 10.0. The summed E-state index contributed by atoms with van der Waals surface area (Å²) in [5.74, 6) is 2.15. The largest absolute Gasteiger partial charge is 0.208 e. The highest BCUT2D eigenvalue weighted by Crippen LogP contribution is 2.59. The van der Waals surface area contributed by atoms with Gasteiger partial charge >= 0.3 is 0 Å². The van der Waals surface area contributed by atoms with E-state index in [1.54, 1.807) is 0 Å². The maximum Gasteiger partial charge on any atom is 0.164 e. The monoisotopic (exact) mass is 809 g/mol. The van der Waals surface area contributed by atoms with E-state index in [1.807, 2.05) is 11.3 Å². The fourth-order valence-electron chi connectivity index (χ4n) is 10.1. The first-order valence-electron chi connectivity index (χ1n) is 21.3. The van der Waals surface area contributed by atoms with Crippen LogP contribution in [0.15, 0.2) is 218 Å². The highest BCUT2D eigenvalue weighted by atomic mass is 32.1. The SMILES string of the molecule is C1=CCC(C2(c3ccccc3)c3ccccc3-c3c(-c4nc(-c5ccc(-c6cccc7c6sc6ccccc67)cc5)nc(-c5cccc(-c6ccccc6)c5)n4)cccc32)C=C1. The average Bonchev–Trinajstić information content (AvgIpc) is 3.89. The molecule has 8 aromatic carbocycles. The Morgan fingerprint density at radius 1 is 0.435 bits per heavy atom. The number of benzene rings is 8. The molecule has 0 amide bonds. The molecule has 4 heteroatoms. The van der Waals surface area contributed by atoms with E-state index >= 15 is 0 Å². The number of thiophene rings is 1. The predicted molar refractivity (Wildman–Crippen MR) is 258 cm³/mol. The van der Waals surface area contributed by atoms with Gasteiger partial charge in [0.05, 0.1) is 5.41 Å². The van der Waals surface area contributed by atoms with E-state index in [4.69, 9.17) is 15.0 Å².